The molecule has 0 unspecified atom stereocenters. The zero-order valence-electron chi connectivity index (χ0n) is 12.9. The van der Waals surface area contributed by atoms with Gasteiger partial charge in [0.15, 0.2) is 0 Å². The van der Waals surface area contributed by atoms with E-state index in [-0.39, 0.29) is 5.97 Å². The van der Waals surface area contributed by atoms with Crippen molar-refractivity contribution in [2.75, 3.05) is 13.4 Å². The number of rotatable bonds is 5. The summed E-state index contributed by atoms with van der Waals surface area (Å²) in [4.78, 5) is 11.3. The zero-order chi connectivity index (χ0) is 16.2. The van der Waals surface area contributed by atoms with Crippen LogP contribution in [0.25, 0.3) is 0 Å². The molecule has 0 atom stereocenters. The molecule has 0 spiro atoms. The molecule has 1 aromatic carbocycles. The summed E-state index contributed by atoms with van der Waals surface area (Å²) in [6.07, 6.45) is 5.64. The molecule has 0 amide bonds. The van der Waals surface area contributed by atoms with Gasteiger partial charge >= 0.3 is 16.1 Å². The van der Waals surface area contributed by atoms with E-state index in [9.17, 15) is 13.2 Å². The first kappa shape index (κ1) is 16.8. The van der Waals surface area contributed by atoms with Crippen LogP contribution in [0.2, 0.25) is 0 Å². The third-order valence-electron chi connectivity index (χ3n) is 4.13. The lowest BCUT2D eigenvalue weighted by atomic mass is 9.77. The molecule has 22 heavy (non-hydrogen) atoms. The number of carbonyl (C=O) groups excluding carboxylic acids is 1. The molecule has 0 saturated heterocycles. The van der Waals surface area contributed by atoms with Gasteiger partial charge in [0.25, 0.3) is 0 Å². The van der Waals surface area contributed by atoms with Crippen molar-refractivity contribution >= 4 is 16.1 Å². The first-order valence-corrected chi connectivity index (χ1v) is 9.25. The molecule has 1 aliphatic carbocycles. The van der Waals surface area contributed by atoms with Gasteiger partial charge in [0, 0.05) is 6.42 Å². The van der Waals surface area contributed by atoms with Gasteiger partial charge in [0.2, 0.25) is 0 Å². The lowest BCUT2D eigenvalue weighted by Crippen LogP contribution is -2.17. The van der Waals surface area contributed by atoms with Gasteiger partial charge in [-0.05, 0) is 55.2 Å². The Morgan fingerprint density at radius 3 is 2.23 bits per heavy atom. The highest BCUT2D eigenvalue weighted by Crippen LogP contribution is 2.37. The second-order valence-electron chi connectivity index (χ2n) is 5.85. The fourth-order valence-corrected chi connectivity index (χ4v) is 3.45. The lowest BCUT2D eigenvalue weighted by Gasteiger charge is -2.28. The largest absolute Gasteiger partial charge is 0.469 e. The van der Waals surface area contributed by atoms with E-state index < -0.39 is 10.1 Å². The van der Waals surface area contributed by atoms with Crippen LogP contribution in [0, 0.1) is 5.92 Å². The van der Waals surface area contributed by atoms with E-state index in [4.69, 9.17) is 8.92 Å². The number of hydrogen-bond donors (Lipinski definition) is 0. The summed E-state index contributed by atoms with van der Waals surface area (Å²) in [5.41, 5.74) is 1.19. The highest BCUT2D eigenvalue weighted by Gasteiger charge is 2.24. The Labute approximate surface area is 131 Å². The van der Waals surface area contributed by atoms with Crippen LogP contribution >= 0.6 is 0 Å². The standard InChI is InChI=1S/C16H22O5S/c1-20-16(17)11-12-3-5-13(6-4-12)14-7-9-15(10-8-14)21-22(2,18)19/h7-10,12-13H,3-6,11H2,1-2H3/t12-,13-. The molecule has 1 aromatic rings. The van der Waals surface area contributed by atoms with E-state index >= 15 is 0 Å². The summed E-state index contributed by atoms with van der Waals surface area (Å²) < 4.78 is 31.7. The molecule has 122 valence electrons. The van der Waals surface area contributed by atoms with Gasteiger partial charge < -0.3 is 8.92 Å². The van der Waals surface area contributed by atoms with Crippen LogP contribution in [0.3, 0.4) is 0 Å². The topological polar surface area (TPSA) is 69.7 Å². The Balaban J connectivity index is 1.90. The first-order chi connectivity index (χ1) is 10.4. The molecule has 0 bridgehead atoms. The molecular formula is C16H22O5S. The van der Waals surface area contributed by atoms with Crippen molar-refractivity contribution in [3.8, 4) is 5.75 Å². The summed E-state index contributed by atoms with van der Waals surface area (Å²) >= 11 is 0. The van der Waals surface area contributed by atoms with Crippen molar-refractivity contribution in [1.82, 2.24) is 0 Å². The number of hydrogen-bond acceptors (Lipinski definition) is 5. The molecule has 1 saturated carbocycles. The number of methoxy groups -OCH3 is 1. The summed E-state index contributed by atoms with van der Waals surface area (Å²) in [7, 11) is -2.06. The summed E-state index contributed by atoms with van der Waals surface area (Å²) in [5, 5.41) is 0. The predicted octanol–water partition coefficient (Wildman–Crippen LogP) is 2.86. The Bertz CT molecular complexity index is 598. The Morgan fingerprint density at radius 2 is 1.73 bits per heavy atom. The first-order valence-electron chi connectivity index (χ1n) is 7.43. The molecule has 2 rings (SSSR count). The molecule has 5 nitrogen and oxygen atoms in total. The van der Waals surface area contributed by atoms with Crippen LogP contribution in [0.4, 0.5) is 0 Å². The van der Waals surface area contributed by atoms with Crippen molar-refractivity contribution in [3.63, 3.8) is 0 Å². The van der Waals surface area contributed by atoms with Gasteiger partial charge in [-0.2, -0.15) is 8.42 Å². The van der Waals surface area contributed by atoms with Crippen molar-refractivity contribution in [3.05, 3.63) is 29.8 Å². The minimum atomic E-state index is -3.48. The maximum Gasteiger partial charge on any atom is 0.306 e. The van der Waals surface area contributed by atoms with Crippen LogP contribution in [-0.2, 0) is 19.6 Å². The Morgan fingerprint density at radius 1 is 1.14 bits per heavy atom. The van der Waals surface area contributed by atoms with Crippen LogP contribution in [-0.4, -0.2) is 27.8 Å². The Hall–Kier alpha value is -1.56. The van der Waals surface area contributed by atoms with Crippen molar-refractivity contribution < 1.29 is 22.1 Å². The van der Waals surface area contributed by atoms with Crippen molar-refractivity contribution in [2.24, 2.45) is 5.92 Å². The van der Waals surface area contributed by atoms with E-state index in [0.717, 1.165) is 31.9 Å². The SMILES string of the molecule is COC(=O)C[C@H]1CC[C@H](c2ccc(OS(C)(=O)=O)cc2)CC1. The highest BCUT2D eigenvalue weighted by molar-refractivity contribution is 7.86. The van der Waals surface area contributed by atoms with Gasteiger partial charge in [0.05, 0.1) is 13.4 Å². The van der Waals surface area contributed by atoms with Gasteiger partial charge in [0.1, 0.15) is 5.75 Å². The van der Waals surface area contributed by atoms with E-state index in [0.29, 0.717) is 24.0 Å². The van der Waals surface area contributed by atoms with E-state index in [1.54, 1.807) is 12.1 Å². The average Bonchev–Trinajstić information content (AvgIpc) is 2.47. The quantitative estimate of drug-likeness (QED) is 0.615. The summed E-state index contributed by atoms with van der Waals surface area (Å²) in [6.45, 7) is 0. The Kier molecular flexibility index (Phi) is 5.45. The lowest BCUT2D eigenvalue weighted by molar-refractivity contribution is -0.142. The predicted molar refractivity (Wildman–Crippen MR) is 83.2 cm³/mol. The van der Waals surface area contributed by atoms with E-state index in [1.807, 2.05) is 12.1 Å². The third-order valence-corrected chi connectivity index (χ3v) is 4.62. The number of ether oxygens (including phenoxy) is 1. The number of esters is 1. The highest BCUT2D eigenvalue weighted by atomic mass is 32.2. The second-order valence-corrected chi connectivity index (χ2v) is 7.43. The van der Waals surface area contributed by atoms with Crippen LogP contribution in [0.15, 0.2) is 24.3 Å². The minimum Gasteiger partial charge on any atom is -0.469 e. The average molecular weight is 326 g/mol. The fourth-order valence-electron chi connectivity index (χ4n) is 2.99. The summed E-state index contributed by atoms with van der Waals surface area (Å²) in [5.74, 6) is 1.08. The van der Waals surface area contributed by atoms with Crippen LogP contribution in [0.5, 0.6) is 5.75 Å². The molecular weight excluding hydrogens is 304 g/mol. The monoisotopic (exact) mass is 326 g/mol. The zero-order valence-corrected chi connectivity index (χ0v) is 13.8. The molecule has 1 fully saturated rings. The van der Waals surface area contributed by atoms with Crippen molar-refractivity contribution in [2.45, 2.75) is 38.0 Å². The molecule has 0 N–H and O–H groups in total. The van der Waals surface area contributed by atoms with Crippen molar-refractivity contribution in [1.29, 1.82) is 0 Å². The third kappa shape index (κ3) is 5.02. The number of benzene rings is 1. The fraction of sp³-hybridized carbons (Fsp3) is 0.562. The van der Waals surface area contributed by atoms with E-state index in [1.165, 1.54) is 12.7 Å². The van der Waals surface area contributed by atoms with E-state index in [2.05, 4.69) is 0 Å². The molecule has 0 aliphatic heterocycles. The number of carbonyl (C=O) groups is 1. The van der Waals surface area contributed by atoms with Gasteiger partial charge in [-0.25, -0.2) is 0 Å². The normalized spacial score (nSPS) is 22.1. The van der Waals surface area contributed by atoms with Crippen LogP contribution in [0.1, 0.15) is 43.6 Å². The second kappa shape index (κ2) is 7.13. The molecule has 1 aliphatic rings. The van der Waals surface area contributed by atoms with Crippen LogP contribution < -0.4 is 4.18 Å². The molecule has 0 heterocycles. The smallest absolute Gasteiger partial charge is 0.306 e. The maximum atomic E-state index is 11.3. The molecule has 0 aromatic heterocycles. The van der Waals surface area contributed by atoms with Gasteiger partial charge in [-0.1, -0.05) is 12.1 Å². The molecule has 0 radical (unpaired) electrons. The minimum absolute atomic E-state index is 0.134. The summed E-state index contributed by atoms with van der Waals surface area (Å²) in [6, 6.07) is 7.23. The van der Waals surface area contributed by atoms with Gasteiger partial charge in [-0.15, -0.1) is 0 Å². The maximum absolute atomic E-state index is 11.3. The molecule has 6 heteroatoms. The van der Waals surface area contributed by atoms with Gasteiger partial charge in [-0.3, -0.25) is 4.79 Å².